The first-order valence-corrected chi connectivity index (χ1v) is 6.22. The van der Waals surface area contributed by atoms with Gasteiger partial charge >= 0.3 is 0 Å². The summed E-state index contributed by atoms with van der Waals surface area (Å²) in [5.41, 5.74) is 0.483. The number of aromatic nitrogens is 1. The number of pyridine rings is 1. The molecule has 18 heavy (non-hydrogen) atoms. The highest BCUT2D eigenvalue weighted by Gasteiger charge is 2.23. The Morgan fingerprint density at radius 1 is 1.50 bits per heavy atom. The Morgan fingerprint density at radius 3 is 2.89 bits per heavy atom. The SMILES string of the molecule is CN(C(=O)c1cccnc1)C(C#N)c1cccs1. The number of amides is 1. The smallest absolute Gasteiger partial charge is 0.256 e. The normalized spacial score (nSPS) is 11.6. The molecule has 2 rings (SSSR count). The second-order valence-electron chi connectivity index (χ2n) is 3.70. The number of carbonyl (C=O) groups excluding carboxylic acids is 1. The van der Waals surface area contributed by atoms with Crippen molar-refractivity contribution >= 4 is 17.2 Å². The number of nitrogens with zero attached hydrogens (tertiary/aromatic N) is 3. The molecule has 0 saturated heterocycles. The van der Waals surface area contributed by atoms with E-state index in [0.717, 1.165) is 4.88 Å². The quantitative estimate of drug-likeness (QED) is 0.848. The van der Waals surface area contributed by atoms with E-state index in [9.17, 15) is 10.1 Å². The van der Waals surface area contributed by atoms with Gasteiger partial charge in [0.2, 0.25) is 0 Å². The summed E-state index contributed by atoms with van der Waals surface area (Å²) in [6, 6.07) is 8.70. The first kappa shape index (κ1) is 12.3. The van der Waals surface area contributed by atoms with Crippen LogP contribution in [-0.4, -0.2) is 22.8 Å². The Kier molecular flexibility index (Phi) is 3.70. The van der Waals surface area contributed by atoms with Gasteiger partial charge in [0.05, 0.1) is 11.6 Å². The third-order valence-corrected chi connectivity index (χ3v) is 3.48. The summed E-state index contributed by atoms with van der Waals surface area (Å²) in [5.74, 6) is -0.206. The van der Waals surface area contributed by atoms with Crippen LogP contribution in [0.4, 0.5) is 0 Å². The van der Waals surface area contributed by atoms with Crippen molar-refractivity contribution in [3.8, 4) is 6.07 Å². The zero-order valence-electron chi connectivity index (χ0n) is 9.78. The molecule has 2 heterocycles. The molecule has 5 heteroatoms. The van der Waals surface area contributed by atoms with Crippen molar-refractivity contribution in [3.63, 3.8) is 0 Å². The van der Waals surface area contributed by atoms with Crippen LogP contribution in [0.3, 0.4) is 0 Å². The van der Waals surface area contributed by atoms with Crippen molar-refractivity contribution in [2.24, 2.45) is 0 Å². The van der Waals surface area contributed by atoms with Gasteiger partial charge in [-0.25, -0.2) is 0 Å². The van der Waals surface area contributed by atoms with Crippen molar-refractivity contribution in [1.82, 2.24) is 9.88 Å². The molecular formula is C13H11N3OS. The highest BCUT2D eigenvalue weighted by Crippen LogP contribution is 2.24. The van der Waals surface area contributed by atoms with Crippen molar-refractivity contribution in [2.75, 3.05) is 7.05 Å². The molecule has 90 valence electrons. The van der Waals surface area contributed by atoms with Crippen LogP contribution in [0.25, 0.3) is 0 Å². The molecule has 0 aliphatic rings. The molecule has 0 saturated carbocycles. The number of hydrogen-bond acceptors (Lipinski definition) is 4. The Morgan fingerprint density at radius 2 is 2.33 bits per heavy atom. The van der Waals surface area contributed by atoms with Crippen LogP contribution in [0.1, 0.15) is 21.3 Å². The van der Waals surface area contributed by atoms with Crippen LogP contribution >= 0.6 is 11.3 Å². The largest absolute Gasteiger partial charge is 0.321 e. The molecule has 0 radical (unpaired) electrons. The maximum absolute atomic E-state index is 12.2. The van der Waals surface area contributed by atoms with Crippen molar-refractivity contribution < 1.29 is 4.79 Å². The van der Waals surface area contributed by atoms with Gasteiger partial charge < -0.3 is 4.90 Å². The topological polar surface area (TPSA) is 57.0 Å². The van der Waals surface area contributed by atoms with E-state index in [1.807, 2.05) is 17.5 Å². The minimum Gasteiger partial charge on any atom is -0.321 e. The van der Waals surface area contributed by atoms with Gasteiger partial charge in [0.15, 0.2) is 6.04 Å². The summed E-state index contributed by atoms with van der Waals surface area (Å²) in [6.07, 6.45) is 3.11. The van der Waals surface area contributed by atoms with E-state index >= 15 is 0 Å². The molecule has 0 spiro atoms. The standard InChI is InChI=1S/C13H11N3OS/c1-16(11(8-14)12-5-3-7-18-12)13(17)10-4-2-6-15-9-10/h2-7,9,11H,1H3. The van der Waals surface area contributed by atoms with Crippen LogP contribution in [0, 0.1) is 11.3 Å². The van der Waals surface area contributed by atoms with E-state index in [0.29, 0.717) is 5.56 Å². The average Bonchev–Trinajstić information content (AvgIpc) is 2.93. The summed E-state index contributed by atoms with van der Waals surface area (Å²) in [5, 5.41) is 11.1. The Balaban J connectivity index is 2.23. The van der Waals surface area contributed by atoms with E-state index in [1.54, 1.807) is 25.4 Å². The Bertz CT molecular complexity index is 560. The molecule has 0 aliphatic heterocycles. The molecule has 0 aliphatic carbocycles. The first-order valence-electron chi connectivity index (χ1n) is 5.34. The van der Waals surface area contributed by atoms with E-state index < -0.39 is 6.04 Å². The number of thiophene rings is 1. The lowest BCUT2D eigenvalue weighted by Gasteiger charge is -2.21. The van der Waals surface area contributed by atoms with Gasteiger partial charge in [0.25, 0.3) is 5.91 Å². The molecule has 1 unspecified atom stereocenters. The molecule has 1 amide bonds. The monoisotopic (exact) mass is 257 g/mol. The molecule has 4 nitrogen and oxygen atoms in total. The predicted octanol–water partition coefficient (Wildman–Crippen LogP) is 2.48. The van der Waals surface area contributed by atoms with Gasteiger partial charge in [0.1, 0.15) is 0 Å². The van der Waals surface area contributed by atoms with Crippen LogP contribution in [0.5, 0.6) is 0 Å². The summed E-state index contributed by atoms with van der Waals surface area (Å²) in [7, 11) is 1.63. The third-order valence-electron chi connectivity index (χ3n) is 2.55. The average molecular weight is 257 g/mol. The lowest BCUT2D eigenvalue weighted by molar-refractivity contribution is 0.0765. The zero-order chi connectivity index (χ0) is 13.0. The Labute approximate surface area is 109 Å². The van der Waals surface area contributed by atoms with Gasteiger partial charge in [-0.05, 0) is 23.6 Å². The number of hydrogen-bond donors (Lipinski definition) is 0. The summed E-state index contributed by atoms with van der Waals surface area (Å²) in [4.78, 5) is 18.4. The summed E-state index contributed by atoms with van der Waals surface area (Å²) < 4.78 is 0. The highest BCUT2D eigenvalue weighted by molar-refractivity contribution is 7.10. The summed E-state index contributed by atoms with van der Waals surface area (Å²) >= 11 is 1.46. The van der Waals surface area contributed by atoms with Crippen LogP contribution < -0.4 is 0 Å². The molecular weight excluding hydrogens is 246 g/mol. The predicted molar refractivity (Wildman–Crippen MR) is 69.0 cm³/mol. The highest BCUT2D eigenvalue weighted by atomic mass is 32.1. The molecule has 1 atom stereocenters. The van der Waals surface area contributed by atoms with Gasteiger partial charge in [0, 0.05) is 24.3 Å². The maximum Gasteiger partial charge on any atom is 0.256 e. The zero-order valence-corrected chi connectivity index (χ0v) is 10.6. The van der Waals surface area contributed by atoms with Gasteiger partial charge in [-0.1, -0.05) is 6.07 Å². The summed E-state index contributed by atoms with van der Waals surface area (Å²) in [6.45, 7) is 0. The molecule has 0 fully saturated rings. The minimum atomic E-state index is -0.558. The van der Waals surface area contributed by atoms with E-state index in [2.05, 4.69) is 11.1 Å². The van der Waals surface area contributed by atoms with Gasteiger partial charge in [-0.3, -0.25) is 9.78 Å². The maximum atomic E-state index is 12.2. The number of rotatable bonds is 3. The fraction of sp³-hybridized carbons (Fsp3) is 0.154. The third kappa shape index (κ3) is 2.39. The van der Waals surface area contributed by atoms with Crippen LogP contribution in [0.2, 0.25) is 0 Å². The number of nitriles is 1. The van der Waals surface area contributed by atoms with Crippen molar-refractivity contribution in [3.05, 3.63) is 52.5 Å². The second-order valence-corrected chi connectivity index (χ2v) is 4.68. The van der Waals surface area contributed by atoms with Gasteiger partial charge in [-0.15, -0.1) is 11.3 Å². The van der Waals surface area contributed by atoms with Crippen LogP contribution in [0.15, 0.2) is 42.0 Å². The van der Waals surface area contributed by atoms with Crippen LogP contribution in [-0.2, 0) is 0 Å². The minimum absolute atomic E-state index is 0.206. The fourth-order valence-corrected chi connectivity index (χ4v) is 2.41. The fourth-order valence-electron chi connectivity index (χ4n) is 1.60. The van der Waals surface area contributed by atoms with E-state index in [1.165, 1.54) is 22.4 Å². The number of carbonyl (C=O) groups is 1. The van der Waals surface area contributed by atoms with Gasteiger partial charge in [-0.2, -0.15) is 5.26 Å². The molecule has 2 aromatic heterocycles. The molecule has 0 bridgehead atoms. The van der Waals surface area contributed by atoms with Crippen molar-refractivity contribution in [1.29, 1.82) is 5.26 Å². The van der Waals surface area contributed by atoms with Crippen molar-refractivity contribution in [2.45, 2.75) is 6.04 Å². The molecule has 0 N–H and O–H groups in total. The lowest BCUT2D eigenvalue weighted by Crippen LogP contribution is -2.30. The molecule has 0 aromatic carbocycles. The van der Waals surface area contributed by atoms with E-state index in [-0.39, 0.29) is 5.91 Å². The second kappa shape index (κ2) is 5.43. The van der Waals surface area contributed by atoms with E-state index in [4.69, 9.17) is 0 Å². The molecule has 2 aromatic rings. The Hall–Kier alpha value is -2.19. The first-order chi connectivity index (χ1) is 8.74. The lowest BCUT2D eigenvalue weighted by atomic mass is 10.2.